The highest BCUT2D eigenvalue weighted by molar-refractivity contribution is 5.82. The average Bonchev–Trinajstić information content (AvgIpc) is 2.98. The Balaban J connectivity index is 1.18. The third-order valence-electron chi connectivity index (χ3n) is 6.89. The van der Waals surface area contributed by atoms with E-state index < -0.39 is 6.09 Å². The second-order valence-electron chi connectivity index (χ2n) is 9.45. The van der Waals surface area contributed by atoms with Crippen LogP contribution in [0, 0.1) is 11.8 Å². The van der Waals surface area contributed by atoms with Gasteiger partial charge < -0.3 is 29.0 Å². The number of hydrogen-bond donors (Lipinski definition) is 0. The van der Waals surface area contributed by atoms with Crippen molar-refractivity contribution >= 4 is 16.9 Å². The lowest BCUT2D eigenvalue weighted by atomic mass is 9.87. The Morgan fingerprint density at radius 2 is 1.49 bits per heavy atom. The lowest BCUT2D eigenvalue weighted by Crippen LogP contribution is -2.51. The quantitative estimate of drug-likeness (QED) is 0.305. The zero-order valence-electron chi connectivity index (χ0n) is 21.6. The number of para-hydroxylation sites is 1. The maximum absolute atomic E-state index is 11.6. The van der Waals surface area contributed by atoms with Gasteiger partial charge in [0, 0.05) is 19.0 Å². The molecule has 0 bridgehead atoms. The Labute approximate surface area is 228 Å². The Morgan fingerprint density at radius 1 is 0.821 bits per heavy atom. The van der Waals surface area contributed by atoms with Gasteiger partial charge in [-0.3, -0.25) is 0 Å². The molecule has 1 saturated heterocycles. The molecule has 5 rings (SSSR count). The van der Waals surface area contributed by atoms with Gasteiger partial charge in [-0.05, 0) is 58.7 Å². The van der Waals surface area contributed by atoms with Crippen LogP contribution >= 0.6 is 0 Å². The fraction of sp³-hybridized carbons (Fsp3) is 0.242. The van der Waals surface area contributed by atoms with Gasteiger partial charge in [-0.2, -0.15) is 0 Å². The predicted molar refractivity (Wildman–Crippen MR) is 149 cm³/mol. The van der Waals surface area contributed by atoms with E-state index in [4.69, 9.17) is 14.2 Å². The largest absolute Gasteiger partial charge is 0.530 e. The average molecular weight is 521 g/mol. The van der Waals surface area contributed by atoms with Gasteiger partial charge in [-0.25, -0.2) is 0 Å². The smallest absolute Gasteiger partial charge is 0.149 e. The van der Waals surface area contributed by atoms with Crippen molar-refractivity contribution in [3.63, 3.8) is 0 Å². The van der Waals surface area contributed by atoms with Gasteiger partial charge in [0.15, 0.2) is 0 Å². The minimum absolute atomic E-state index is 0.0602. The van der Waals surface area contributed by atoms with Crippen LogP contribution in [0.4, 0.5) is 4.79 Å². The number of piperidine rings is 1. The molecular weight excluding hydrogens is 490 g/mol. The fourth-order valence-electron chi connectivity index (χ4n) is 4.83. The van der Waals surface area contributed by atoms with Gasteiger partial charge in [-0.1, -0.05) is 78.6 Å². The van der Waals surface area contributed by atoms with Gasteiger partial charge >= 0.3 is 0 Å². The summed E-state index contributed by atoms with van der Waals surface area (Å²) in [6.45, 7) is 1.67. The number of hydrogen-bond acceptors (Lipinski definition) is 5. The van der Waals surface area contributed by atoms with E-state index in [1.165, 1.54) is 10.3 Å². The summed E-state index contributed by atoms with van der Waals surface area (Å²) < 4.78 is 17.7. The Kier molecular flexibility index (Phi) is 8.62. The number of fused-ring (bicyclic) bond motifs is 1. The summed E-state index contributed by atoms with van der Waals surface area (Å²) in [5.74, 6) is 7.48. The van der Waals surface area contributed by atoms with Crippen LogP contribution in [0.5, 0.6) is 11.5 Å². The number of carboxylic acid groups (broad SMARTS) is 1. The Morgan fingerprint density at radius 3 is 2.21 bits per heavy atom. The van der Waals surface area contributed by atoms with Crippen LogP contribution in [0.25, 0.3) is 10.8 Å². The highest BCUT2D eigenvalue weighted by atomic mass is 16.5. The molecule has 1 fully saturated rings. The van der Waals surface area contributed by atoms with Crippen molar-refractivity contribution in [3.05, 3.63) is 108 Å². The molecule has 1 heterocycles. The first-order chi connectivity index (χ1) is 19.2. The monoisotopic (exact) mass is 520 g/mol. The van der Waals surface area contributed by atoms with Gasteiger partial charge in [0.25, 0.3) is 0 Å². The van der Waals surface area contributed by atoms with Crippen LogP contribution in [-0.2, 0) is 11.3 Å². The molecule has 198 valence electrons. The second kappa shape index (κ2) is 12.9. The van der Waals surface area contributed by atoms with Crippen molar-refractivity contribution in [1.82, 2.24) is 4.90 Å². The minimum atomic E-state index is -1.16. The third kappa shape index (κ3) is 7.10. The van der Waals surface area contributed by atoms with Crippen LogP contribution in [0.2, 0.25) is 0 Å². The molecule has 0 N–H and O–H groups in total. The maximum atomic E-state index is 11.6. The normalized spacial score (nSPS) is 16.8. The molecule has 39 heavy (non-hydrogen) atoms. The molecule has 1 amide bonds. The highest BCUT2D eigenvalue weighted by Gasteiger charge is 2.31. The number of ether oxygens (including phenoxy) is 3. The van der Waals surface area contributed by atoms with Crippen LogP contribution in [0.15, 0.2) is 97.1 Å². The van der Waals surface area contributed by atoms with Crippen LogP contribution < -0.4 is 14.6 Å². The SMILES string of the molecule is O=C([O-])N1CCC(c2ccc(OCC#CCOc3ccccc3)cc2)C(OCc2ccc3ccccc3c2)C1. The molecule has 4 aromatic carbocycles. The number of likely N-dealkylation sites (tertiary alicyclic amines) is 1. The number of carbonyl (C=O) groups is 1. The number of rotatable bonds is 8. The maximum Gasteiger partial charge on any atom is 0.149 e. The lowest BCUT2D eigenvalue weighted by molar-refractivity contribution is -0.268. The topological polar surface area (TPSA) is 71.1 Å². The van der Waals surface area contributed by atoms with Crippen molar-refractivity contribution in [3.8, 4) is 23.3 Å². The Hall–Kier alpha value is -4.47. The van der Waals surface area contributed by atoms with Crippen LogP contribution in [0.3, 0.4) is 0 Å². The van der Waals surface area contributed by atoms with E-state index in [1.807, 2.05) is 66.7 Å². The molecule has 2 atom stereocenters. The second-order valence-corrected chi connectivity index (χ2v) is 9.45. The molecule has 0 aromatic heterocycles. The molecule has 6 nitrogen and oxygen atoms in total. The molecule has 0 radical (unpaired) electrons. The van der Waals surface area contributed by atoms with Gasteiger partial charge in [-0.15, -0.1) is 0 Å². The molecule has 1 aliphatic heterocycles. The Bertz CT molecular complexity index is 1440. The lowest BCUT2D eigenvalue weighted by Gasteiger charge is -2.40. The van der Waals surface area contributed by atoms with Crippen molar-refractivity contribution in [2.24, 2.45) is 0 Å². The van der Waals surface area contributed by atoms with E-state index in [2.05, 4.69) is 42.2 Å². The summed E-state index contributed by atoms with van der Waals surface area (Å²) in [4.78, 5) is 12.9. The van der Waals surface area contributed by atoms with Gasteiger partial charge in [0.2, 0.25) is 0 Å². The number of amides is 1. The first kappa shape index (κ1) is 26.1. The summed E-state index contributed by atoms with van der Waals surface area (Å²) in [5.41, 5.74) is 2.14. The fourth-order valence-corrected chi connectivity index (χ4v) is 4.83. The summed E-state index contributed by atoms with van der Waals surface area (Å²) in [7, 11) is 0. The van der Waals surface area contributed by atoms with Crippen molar-refractivity contribution in [1.29, 1.82) is 0 Å². The van der Waals surface area contributed by atoms with Gasteiger partial charge in [0.1, 0.15) is 30.8 Å². The molecule has 0 aliphatic carbocycles. The molecule has 6 heteroatoms. The first-order valence-corrected chi connectivity index (χ1v) is 13.1. The van der Waals surface area contributed by atoms with E-state index in [0.29, 0.717) is 26.2 Å². The van der Waals surface area contributed by atoms with E-state index in [-0.39, 0.29) is 25.2 Å². The molecule has 0 saturated carbocycles. The van der Waals surface area contributed by atoms with E-state index in [0.717, 1.165) is 28.0 Å². The molecule has 0 spiro atoms. The number of nitrogens with zero attached hydrogens (tertiary/aromatic N) is 1. The van der Waals surface area contributed by atoms with Crippen molar-refractivity contribution < 1.29 is 24.1 Å². The summed E-state index contributed by atoms with van der Waals surface area (Å²) in [5, 5.41) is 13.9. The van der Waals surface area contributed by atoms with Crippen LogP contribution in [-0.4, -0.2) is 43.4 Å². The summed E-state index contributed by atoms with van der Waals surface area (Å²) in [6, 6.07) is 31.9. The van der Waals surface area contributed by atoms with Gasteiger partial charge in [0.05, 0.1) is 12.7 Å². The van der Waals surface area contributed by atoms with E-state index in [9.17, 15) is 9.90 Å². The summed E-state index contributed by atoms with van der Waals surface area (Å²) >= 11 is 0. The van der Waals surface area contributed by atoms with Crippen molar-refractivity contribution in [2.45, 2.75) is 25.0 Å². The zero-order valence-corrected chi connectivity index (χ0v) is 21.6. The standard InChI is InChI=1S/C33H31NO5/c35-33(36)34-19-18-31(32(23-34)39-24-25-12-13-26-8-4-5-9-28(26)22-25)27-14-16-30(17-15-27)38-21-7-6-20-37-29-10-2-1-3-11-29/h1-5,8-17,22,31-32H,18-21,23-24H2,(H,35,36)/p-1. The van der Waals surface area contributed by atoms with Crippen molar-refractivity contribution in [2.75, 3.05) is 26.3 Å². The molecule has 1 aliphatic rings. The summed E-state index contributed by atoms with van der Waals surface area (Å²) in [6.07, 6.45) is -0.791. The minimum Gasteiger partial charge on any atom is -0.530 e. The zero-order chi connectivity index (χ0) is 26.9. The number of carbonyl (C=O) groups excluding carboxylic acids is 1. The molecular formula is C33H30NO5-. The molecule has 4 aromatic rings. The first-order valence-electron chi connectivity index (χ1n) is 13.1. The number of benzene rings is 4. The van der Waals surface area contributed by atoms with E-state index in [1.54, 1.807) is 0 Å². The van der Waals surface area contributed by atoms with Crippen LogP contribution in [0.1, 0.15) is 23.5 Å². The third-order valence-corrected chi connectivity index (χ3v) is 6.89. The highest BCUT2D eigenvalue weighted by Crippen LogP contribution is 2.32. The molecule has 2 unspecified atom stereocenters. The van der Waals surface area contributed by atoms with E-state index >= 15 is 0 Å². The predicted octanol–water partition coefficient (Wildman–Crippen LogP) is 5.02.